The van der Waals surface area contributed by atoms with Crippen LogP contribution in [0.4, 0.5) is 0 Å². The summed E-state index contributed by atoms with van der Waals surface area (Å²) in [5.74, 6) is 2.33. The lowest BCUT2D eigenvalue weighted by Gasteiger charge is -2.19. The third kappa shape index (κ3) is 4.10. The van der Waals surface area contributed by atoms with Crippen molar-refractivity contribution >= 4 is 34.0 Å². The van der Waals surface area contributed by atoms with E-state index in [0.717, 1.165) is 46.6 Å². The van der Waals surface area contributed by atoms with Crippen molar-refractivity contribution in [1.29, 1.82) is 0 Å². The van der Waals surface area contributed by atoms with Crippen molar-refractivity contribution in [1.82, 2.24) is 0 Å². The van der Waals surface area contributed by atoms with Crippen molar-refractivity contribution in [2.75, 3.05) is 27.9 Å². The van der Waals surface area contributed by atoms with Gasteiger partial charge in [0.15, 0.2) is 11.5 Å². The zero-order chi connectivity index (χ0) is 17.1. The lowest BCUT2D eigenvalue weighted by Crippen LogP contribution is -2.15. The predicted molar refractivity (Wildman–Crippen MR) is 106 cm³/mol. The van der Waals surface area contributed by atoms with Crippen LogP contribution in [0.25, 0.3) is 0 Å². The molecule has 0 atom stereocenters. The molecule has 0 saturated carbocycles. The van der Waals surface area contributed by atoms with Gasteiger partial charge in [-0.15, -0.1) is 12.4 Å². The molecule has 1 aliphatic rings. The number of ether oxygens (including phenoxy) is 3. The fraction of sp³-hybridized carbons (Fsp3) is 0.316. The van der Waals surface area contributed by atoms with E-state index < -0.39 is 0 Å². The molecule has 0 spiro atoms. The van der Waals surface area contributed by atoms with Gasteiger partial charge in [-0.25, -0.2) is 0 Å². The molecule has 4 nitrogen and oxygen atoms in total. The van der Waals surface area contributed by atoms with Gasteiger partial charge < -0.3 is 14.2 Å². The Morgan fingerprint density at radius 3 is 2.40 bits per heavy atom. The molecule has 1 heterocycles. The van der Waals surface area contributed by atoms with Crippen molar-refractivity contribution in [2.24, 2.45) is 4.99 Å². The second kappa shape index (κ2) is 8.59. The highest BCUT2D eigenvalue weighted by Crippen LogP contribution is 2.34. The Bertz CT molecular complexity index is 792. The summed E-state index contributed by atoms with van der Waals surface area (Å²) in [5, 5.41) is 0. The number of benzene rings is 2. The highest BCUT2D eigenvalue weighted by atomic mass is 79.9. The lowest BCUT2D eigenvalue weighted by molar-refractivity contribution is 0.354. The number of hydrogen-bond donors (Lipinski definition) is 0. The Morgan fingerprint density at radius 2 is 1.72 bits per heavy atom. The van der Waals surface area contributed by atoms with Crippen molar-refractivity contribution < 1.29 is 14.2 Å². The van der Waals surface area contributed by atoms with Gasteiger partial charge >= 0.3 is 0 Å². The van der Waals surface area contributed by atoms with Crippen LogP contribution in [-0.2, 0) is 12.8 Å². The molecular formula is C19H21BrClNO3. The van der Waals surface area contributed by atoms with E-state index in [4.69, 9.17) is 19.2 Å². The van der Waals surface area contributed by atoms with Gasteiger partial charge in [-0.3, -0.25) is 4.99 Å². The minimum atomic E-state index is 0. The summed E-state index contributed by atoms with van der Waals surface area (Å²) >= 11 is 3.63. The number of aliphatic imine (C=N–C) groups is 1. The van der Waals surface area contributed by atoms with Crippen LogP contribution in [0, 0.1) is 0 Å². The highest BCUT2D eigenvalue weighted by Gasteiger charge is 2.18. The average Bonchev–Trinajstić information content (AvgIpc) is 2.62. The van der Waals surface area contributed by atoms with E-state index in [0.29, 0.717) is 5.75 Å². The number of halogens is 2. The van der Waals surface area contributed by atoms with E-state index in [1.54, 1.807) is 21.3 Å². The zero-order valence-corrected chi connectivity index (χ0v) is 16.9. The number of rotatable bonds is 5. The van der Waals surface area contributed by atoms with Gasteiger partial charge in [0.25, 0.3) is 0 Å². The second-order valence-electron chi connectivity index (χ2n) is 5.58. The molecule has 0 amide bonds. The summed E-state index contributed by atoms with van der Waals surface area (Å²) in [6, 6.07) is 10.1. The smallest absolute Gasteiger partial charge is 0.161 e. The second-order valence-corrected chi connectivity index (χ2v) is 6.43. The number of nitrogens with zero attached hydrogens (tertiary/aromatic N) is 1. The molecule has 134 valence electrons. The standard InChI is InChI=1S/C19H20BrNO3.ClH/c1-22-14-4-5-15-12(8-14)6-7-21-17(15)9-13-10-18(23-2)19(24-3)11-16(13)20;/h4-5,8,10-11H,6-7,9H2,1-3H3;1H. The van der Waals surface area contributed by atoms with Crippen LogP contribution in [-0.4, -0.2) is 33.6 Å². The molecule has 0 radical (unpaired) electrons. The van der Waals surface area contributed by atoms with Crippen molar-refractivity contribution in [3.63, 3.8) is 0 Å². The van der Waals surface area contributed by atoms with Crippen molar-refractivity contribution in [3.05, 3.63) is 51.5 Å². The molecular weight excluding hydrogens is 406 g/mol. The Balaban J connectivity index is 0.00000225. The SMILES string of the molecule is COc1ccc2c(c1)CCN=C2Cc1cc(OC)c(OC)cc1Br.Cl. The van der Waals surface area contributed by atoms with Gasteiger partial charge in [-0.1, -0.05) is 15.9 Å². The first-order valence-electron chi connectivity index (χ1n) is 7.77. The van der Waals surface area contributed by atoms with Gasteiger partial charge in [-0.2, -0.15) is 0 Å². The van der Waals surface area contributed by atoms with Gasteiger partial charge in [0.1, 0.15) is 5.75 Å². The monoisotopic (exact) mass is 425 g/mol. The molecule has 1 aliphatic heterocycles. The van der Waals surface area contributed by atoms with E-state index >= 15 is 0 Å². The number of hydrogen-bond acceptors (Lipinski definition) is 4. The average molecular weight is 427 g/mol. The summed E-state index contributed by atoms with van der Waals surface area (Å²) in [6.45, 7) is 0.806. The molecule has 0 unspecified atom stereocenters. The molecule has 6 heteroatoms. The maximum absolute atomic E-state index is 5.42. The van der Waals surface area contributed by atoms with Crippen LogP contribution in [0.2, 0.25) is 0 Å². The minimum Gasteiger partial charge on any atom is -0.497 e. The predicted octanol–water partition coefficient (Wildman–Crippen LogP) is 4.48. The number of fused-ring (bicyclic) bond motifs is 1. The van der Waals surface area contributed by atoms with Crippen LogP contribution in [0.1, 0.15) is 16.7 Å². The van der Waals surface area contributed by atoms with Crippen molar-refractivity contribution in [2.45, 2.75) is 12.8 Å². The van der Waals surface area contributed by atoms with Gasteiger partial charge in [0.05, 0.1) is 21.3 Å². The maximum atomic E-state index is 5.42. The summed E-state index contributed by atoms with van der Waals surface area (Å²) in [5.41, 5.74) is 4.70. The summed E-state index contributed by atoms with van der Waals surface area (Å²) in [7, 11) is 4.98. The normalized spacial score (nSPS) is 12.6. The Morgan fingerprint density at radius 1 is 1.00 bits per heavy atom. The topological polar surface area (TPSA) is 40.0 Å². The van der Waals surface area contributed by atoms with Crippen LogP contribution in [0.3, 0.4) is 0 Å². The Hall–Kier alpha value is -1.72. The van der Waals surface area contributed by atoms with E-state index in [1.165, 1.54) is 11.1 Å². The largest absolute Gasteiger partial charge is 0.497 e. The molecule has 0 aromatic heterocycles. The van der Waals surface area contributed by atoms with Gasteiger partial charge in [0, 0.05) is 23.1 Å². The molecule has 0 bridgehead atoms. The highest BCUT2D eigenvalue weighted by molar-refractivity contribution is 9.10. The van der Waals surface area contributed by atoms with E-state index in [1.807, 2.05) is 18.2 Å². The molecule has 3 rings (SSSR count). The van der Waals surface area contributed by atoms with Crippen LogP contribution in [0.15, 0.2) is 39.8 Å². The van der Waals surface area contributed by atoms with Gasteiger partial charge in [0.2, 0.25) is 0 Å². The fourth-order valence-corrected chi connectivity index (χ4v) is 3.41. The van der Waals surface area contributed by atoms with E-state index in [-0.39, 0.29) is 12.4 Å². The molecule has 0 saturated heterocycles. The number of methoxy groups -OCH3 is 3. The molecule has 0 fully saturated rings. The fourth-order valence-electron chi connectivity index (χ4n) is 2.95. The lowest BCUT2D eigenvalue weighted by atomic mass is 9.93. The molecule has 2 aromatic carbocycles. The Labute approximate surface area is 162 Å². The first-order chi connectivity index (χ1) is 11.7. The molecule has 0 aliphatic carbocycles. The van der Waals surface area contributed by atoms with E-state index in [9.17, 15) is 0 Å². The minimum absolute atomic E-state index is 0. The van der Waals surface area contributed by atoms with Crippen LogP contribution < -0.4 is 14.2 Å². The Kier molecular flexibility index (Phi) is 6.73. The van der Waals surface area contributed by atoms with Gasteiger partial charge in [-0.05, 0) is 53.4 Å². The maximum Gasteiger partial charge on any atom is 0.161 e. The molecule has 0 N–H and O–H groups in total. The van der Waals surface area contributed by atoms with Crippen LogP contribution >= 0.6 is 28.3 Å². The molecule has 2 aromatic rings. The molecule has 25 heavy (non-hydrogen) atoms. The third-order valence-electron chi connectivity index (χ3n) is 4.22. The zero-order valence-electron chi connectivity index (χ0n) is 14.5. The summed E-state index contributed by atoms with van der Waals surface area (Å²) in [4.78, 5) is 4.74. The van der Waals surface area contributed by atoms with Crippen molar-refractivity contribution in [3.8, 4) is 17.2 Å². The summed E-state index contributed by atoms with van der Waals surface area (Å²) < 4.78 is 17.1. The first-order valence-corrected chi connectivity index (χ1v) is 8.56. The quantitative estimate of drug-likeness (QED) is 0.707. The first kappa shape index (κ1) is 19.6. The van der Waals surface area contributed by atoms with E-state index in [2.05, 4.69) is 28.1 Å². The summed E-state index contributed by atoms with van der Waals surface area (Å²) in [6.07, 6.45) is 1.68. The third-order valence-corrected chi connectivity index (χ3v) is 4.96. The van der Waals surface area contributed by atoms with Crippen LogP contribution in [0.5, 0.6) is 17.2 Å².